The Kier molecular flexibility index (Phi) is 2.74. The minimum Gasteiger partial charge on any atom is -0.496 e. The van der Waals surface area contributed by atoms with Gasteiger partial charge in [-0.25, -0.2) is 4.39 Å². The number of methoxy groups -OCH3 is 1. The van der Waals surface area contributed by atoms with Crippen molar-refractivity contribution in [1.29, 1.82) is 0 Å². The number of nitrogens with two attached hydrogens (primary N) is 1. The average molecular weight is 215 g/mol. The highest BCUT2D eigenvalue weighted by Gasteiger charge is 2.15. The molecular weight excluding hydrogens is 201 g/mol. The van der Waals surface area contributed by atoms with Crippen molar-refractivity contribution in [2.24, 2.45) is 5.73 Å². The Morgan fingerprint density at radius 1 is 1.80 bits per heavy atom. The summed E-state index contributed by atoms with van der Waals surface area (Å²) in [7, 11) is -1.61. The quantitative estimate of drug-likeness (QED) is 0.778. The molecule has 1 rings (SSSR count). The molecular formula is C10H12FNO3. The van der Waals surface area contributed by atoms with Crippen LogP contribution >= 0.6 is 0 Å². The van der Waals surface area contributed by atoms with Gasteiger partial charge in [-0.3, -0.25) is 4.79 Å². The number of ether oxygens (including phenoxy) is 1. The van der Waals surface area contributed by atoms with Crippen LogP contribution in [0.2, 0.25) is 0 Å². The first kappa shape index (κ1) is 8.67. The summed E-state index contributed by atoms with van der Waals surface area (Å²) in [6.07, 6.45) is -0.0579. The SMILES string of the molecule is [2H]C([2H])Oc1cc(F)ccc1C[C@@H](N)C(=O)O. The van der Waals surface area contributed by atoms with Crippen LogP contribution in [0.3, 0.4) is 0 Å². The summed E-state index contributed by atoms with van der Waals surface area (Å²) in [6.45, 7) is 0. The highest BCUT2D eigenvalue weighted by atomic mass is 19.1. The molecule has 1 aromatic carbocycles. The zero-order valence-corrected chi connectivity index (χ0v) is 7.81. The van der Waals surface area contributed by atoms with Crippen LogP contribution < -0.4 is 10.5 Å². The van der Waals surface area contributed by atoms with E-state index in [0.717, 1.165) is 12.1 Å². The van der Waals surface area contributed by atoms with E-state index in [2.05, 4.69) is 0 Å². The molecule has 0 bridgehead atoms. The number of hydrogen-bond acceptors (Lipinski definition) is 3. The van der Waals surface area contributed by atoms with E-state index in [4.69, 9.17) is 18.3 Å². The summed E-state index contributed by atoms with van der Waals surface area (Å²) in [5.74, 6) is -1.81. The third-order valence-electron chi connectivity index (χ3n) is 1.91. The first-order valence-electron chi connectivity index (χ1n) is 5.33. The van der Waals surface area contributed by atoms with Gasteiger partial charge in [-0.05, 0) is 11.6 Å². The van der Waals surface area contributed by atoms with Crippen molar-refractivity contribution in [2.75, 3.05) is 7.06 Å². The zero-order chi connectivity index (χ0) is 13.0. The Hall–Kier alpha value is -1.62. The molecule has 0 saturated carbocycles. The number of hydrogen-bond donors (Lipinski definition) is 2. The number of carbonyl (C=O) groups is 1. The van der Waals surface area contributed by atoms with Crippen LogP contribution in [0.15, 0.2) is 18.2 Å². The number of carboxylic acid groups (broad SMARTS) is 1. The zero-order valence-electron chi connectivity index (χ0n) is 9.81. The van der Waals surface area contributed by atoms with Crippen molar-refractivity contribution >= 4 is 5.97 Å². The van der Waals surface area contributed by atoms with Gasteiger partial charge in [-0.15, -0.1) is 0 Å². The van der Waals surface area contributed by atoms with E-state index in [0.29, 0.717) is 5.56 Å². The summed E-state index contributed by atoms with van der Waals surface area (Å²) in [4.78, 5) is 10.6. The fourth-order valence-corrected chi connectivity index (χ4v) is 1.13. The average Bonchev–Trinajstić information content (AvgIpc) is 2.20. The van der Waals surface area contributed by atoms with Gasteiger partial charge in [0.1, 0.15) is 17.6 Å². The van der Waals surface area contributed by atoms with Gasteiger partial charge < -0.3 is 15.6 Å². The van der Waals surface area contributed by atoms with E-state index in [9.17, 15) is 9.18 Å². The second kappa shape index (κ2) is 4.75. The monoisotopic (exact) mass is 215 g/mol. The molecule has 0 aliphatic rings. The Balaban J connectivity index is 2.93. The van der Waals surface area contributed by atoms with Crippen molar-refractivity contribution in [3.05, 3.63) is 29.6 Å². The summed E-state index contributed by atoms with van der Waals surface area (Å²) in [6, 6.07) is 2.33. The molecule has 0 unspecified atom stereocenters. The fraction of sp³-hybridized carbons (Fsp3) is 0.300. The van der Waals surface area contributed by atoms with Gasteiger partial charge in [0, 0.05) is 12.5 Å². The van der Waals surface area contributed by atoms with Gasteiger partial charge >= 0.3 is 5.97 Å². The predicted molar refractivity (Wildman–Crippen MR) is 52.3 cm³/mol. The first-order chi connectivity index (χ1) is 7.90. The molecule has 4 nitrogen and oxygen atoms in total. The molecule has 3 N–H and O–H groups in total. The molecule has 0 spiro atoms. The summed E-state index contributed by atoms with van der Waals surface area (Å²) < 4.78 is 31.5. The first-order valence-corrected chi connectivity index (χ1v) is 4.18. The maximum Gasteiger partial charge on any atom is 0.320 e. The Bertz CT molecular complexity index is 415. The molecule has 0 aromatic heterocycles. The van der Waals surface area contributed by atoms with Crippen LogP contribution in [-0.2, 0) is 11.2 Å². The molecule has 1 aromatic rings. The summed E-state index contributed by atoms with van der Waals surface area (Å²) in [5.41, 5.74) is 5.70. The van der Waals surface area contributed by atoms with Gasteiger partial charge in [-0.1, -0.05) is 6.07 Å². The molecule has 0 radical (unpaired) electrons. The highest BCUT2D eigenvalue weighted by molar-refractivity contribution is 5.73. The number of halogens is 1. The minimum absolute atomic E-state index is 0.0308. The Morgan fingerprint density at radius 3 is 3.13 bits per heavy atom. The van der Waals surface area contributed by atoms with Crippen LogP contribution in [-0.4, -0.2) is 24.2 Å². The van der Waals surface area contributed by atoms with Crippen molar-refractivity contribution < 1.29 is 21.8 Å². The Labute approximate surface area is 89.3 Å². The van der Waals surface area contributed by atoms with Crippen molar-refractivity contribution in [1.82, 2.24) is 0 Å². The molecule has 0 saturated heterocycles. The van der Waals surface area contributed by atoms with Crippen molar-refractivity contribution in [3.63, 3.8) is 0 Å². The molecule has 0 aliphatic heterocycles. The summed E-state index contributed by atoms with van der Waals surface area (Å²) >= 11 is 0. The van der Waals surface area contributed by atoms with Crippen LogP contribution in [0.1, 0.15) is 8.30 Å². The van der Waals surface area contributed by atoms with E-state index in [1.807, 2.05) is 0 Å². The van der Waals surface area contributed by atoms with E-state index in [1.54, 1.807) is 0 Å². The topological polar surface area (TPSA) is 72.5 Å². The molecule has 0 aliphatic carbocycles. The lowest BCUT2D eigenvalue weighted by Crippen LogP contribution is -2.32. The molecule has 0 fully saturated rings. The lowest BCUT2D eigenvalue weighted by molar-refractivity contribution is -0.138. The Morgan fingerprint density at radius 2 is 2.53 bits per heavy atom. The standard InChI is InChI=1S/C10H12FNO3/c1-15-9-5-7(11)3-2-6(9)4-8(12)10(13)14/h2-3,5,8H,4,12H2,1H3,(H,13,14)/t8-/m1/s1/i1D2. The maximum atomic E-state index is 12.9. The molecule has 5 heteroatoms. The molecule has 82 valence electrons. The van der Waals surface area contributed by atoms with Gasteiger partial charge in [0.2, 0.25) is 0 Å². The van der Waals surface area contributed by atoms with E-state index < -0.39 is 24.9 Å². The smallest absolute Gasteiger partial charge is 0.320 e. The second-order valence-electron chi connectivity index (χ2n) is 3.02. The summed E-state index contributed by atoms with van der Waals surface area (Å²) in [5, 5.41) is 8.66. The fourth-order valence-electron chi connectivity index (χ4n) is 1.13. The van der Waals surface area contributed by atoms with Gasteiger partial charge in [0.05, 0.1) is 9.80 Å². The molecule has 0 heterocycles. The normalized spacial score (nSPS) is 14.3. The van der Waals surface area contributed by atoms with Gasteiger partial charge in [0.25, 0.3) is 0 Å². The van der Waals surface area contributed by atoms with Crippen LogP contribution in [0, 0.1) is 5.82 Å². The lowest BCUT2D eigenvalue weighted by Gasteiger charge is -2.10. The van der Waals surface area contributed by atoms with Crippen LogP contribution in [0.25, 0.3) is 0 Å². The third kappa shape index (κ3) is 2.92. The van der Waals surface area contributed by atoms with Gasteiger partial charge in [0.15, 0.2) is 0 Å². The molecule has 15 heavy (non-hydrogen) atoms. The second-order valence-corrected chi connectivity index (χ2v) is 3.02. The number of aliphatic carboxylic acids is 1. The number of rotatable bonds is 4. The third-order valence-corrected chi connectivity index (χ3v) is 1.91. The van der Waals surface area contributed by atoms with E-state index in [1.165, 1.54) is 6.07 Å². The predicted octanol–water partition coefficient (Wildman–Crippen LogP) is 0.789. The lowest BCUT2D eigenvalue weighted by atomic mass is 10.1. The van der Waals surface area contributed by atoms with Crippen molar-refractivity contribution in [3.8, 4) is 5.75 Å². The van der Waals surface area contributed by atoms with Gasteiger partial charge in [-0.2, -0.15) is 0 Å². The minimum atomic E-state index is -1.61. The van der Waals surface area contributed by atoms with E-state index >= 15 is 0 Å². The largest absolute Gasteiger partial charge is 0.496 e. The molecule has 1 atom stereocenters. The highest BCUT2D eigenvalue weighted by Crippen LogP contribution is 2.20. The van der Waals surface area contributed by atoms with Crippen LogP contribution in [0.4, 0.5) is 4.39 Å². The molecule has 0 amide bonds. The number of benzene rings is 1. The number of carboxylic acids is 1. The van der Waals surface area contributed by atoms with Crippen LogP contribution in [0.5, 0.6) is 5.75 Å². The van der Waals surface area contributed by atoms with E-state index in [-0.39, 0.29) is 12.2 Å². The maximum absolute atomic E-state index is 12.9. The van der Waals surface area contributed by atoms with Crippen molar-refractivity contribution in [2.45, 2.75) is 12.5 Å².